The lowest BCUT2D eigenvalue weighted by Crippen LogP contribution is -2.45. The molecule has 1 aliphatic rings. The number of nitrogens with one attached hydrogen (secondary N) is 2. The van der Waals surface area contributed by atoms with Crippen molar-refractivity contribution in [2.45, 2.75) is 70.9 Å². The molecule has 0 bridgehead atoms. The fraction of sp³-hybridized carbons (Fsp3) is 0.583. The van der Waals surface area contributed by atoms with Gasteiger partial charge >= 0.3 is 12.1 Å². The molecule has 186 valence electrons. The van der Waals surface area contributed by atoms with Gasteiger partial charge in [-0.1, -0.05) is 6.07 Å². The van der Waals surface area contributed by atoms with Crippen LogP contribution >= 0.6 is 11.3 Å². The smallest absolute Gasteiger partial charge is 0.408 e. The summed E-state index contributed by atoms with van der Waals surface area (Å²) >= 11 is 1.52. The summed E-state index contributed by atoms with van der Waals surface area (Å²) in [5.74, 6) is -0.0672. The van der Waals surface area contributed by atoms with Crippen LogP contribution in [-0.2, 0) is 22.4 Å². The van der Waals surface area contributed by atoms with Crippen molar-refractivity contribution in [3.63, 3.8) is 0 Å². The number of fused-ring (bicyclic) bond motifs is 1. The van der Waals surface area contributed by atoms with Crippen LogP contribution in [0.5, 0.6) is 0 Å². The Morgan fingerprint density at radius 2 is 2.12 bits per heavy atom. The third kappa shape index (κ3) is 8.16. The van der Waals surface area contributed by atoms with Crippen LogP contribution in [0.4, 0.5) is 15.7 Å². The maximum Gasteiger partial charge on any atom is 0.408 e. The van der Waals surface area contributed by atoms with E-state index in [1.54, 1.807) is 27.0 Å². The van der Waals surface area contributed by atoms with Crippen LogP contribution in [0.25, 0.3) is 0 Å². The summed E-state index contributed by atoms with van der Waals surface area (Å²) < 4.78 is 5.21. The first kappa shape index (κ1) is 25.7. The average Bonchev–Trinajstić information content (AvgIpc) is 3.31. The lowest BCUT2D eigenvalue weighted by Gasteiger charge is -2.25. The molecule has 0 spiro atoms. The number of hydrogen-bond donors (Lipinski definition) is 3. The molecule has 0 saturated carbocycles. The van der Waals surface area contributed by atoms with Gasteiger partial charge in [-0.3, -0.25) is 0 Å². The van der Waals surface area contributed by atoms with Gasteiger partial charge in [0.1, 0.15) is 17.5 Å². The highest BCUT2D eigenvalue weighted by Gasteiger charge is 2.25. The molecule has 0 aromatic carbocycles. The molecule has 34 heavy (non-hydrogen) atoms. The quantitative estimate of drug-likeness (QED) is 0.404. The molecule has 0 unspecified atom stereocenters. The van der Waals surface area contributed by atoms with Gasteiger partial charge in [-0.05, 0) is 70.9 Å². The van der Waals surface area contributed by atoms with E-state index in [0.29, 0.717) is 6.54 Å². The van der Waals surface area contributed by atoms with Crippen LogP contribution in [0.1, 0.15) is 57.7 Å². The highest BCUT2D eigenvalue weighted by atomic mass is 32.1. The first-order valence-corrected chi connectivity index (χ1v) is 12.7. The number of pyridine rings is 1. The number of aromatic nitrogens is 2. The number of hydrogen-bond acceptors (Lipinski definition) is 8. The molecule has 2 aromatic rings. The second kappa shape index (κ2) is 12.0. The summed E-state index contributed by atoms with van der Waals surface area (Å²) in [5.41, 5.74) is 1.68. The van der Waals surface area contributed by atoms with Gasteiger partial charge in [0.05, 0.1) is 0 Å². The standard InChI is InChI=1S/C24H35N5O4S/c1-24(2,3)33-23(32)28-19(21(30)31)11-15-29(22-26-13-16-34-22)14-5-4-8-18-10-9-17-7-6-12-25-20(17)27-18/h9-10,13,16,19H,4-8,11-12,14-15H2,1-3H3,(H,25,27)(H,28,32)(H,30,31)/t19-/m0/s1. The molecule has 9 nitrogen and oxygen atoms in total. The van der Waals surface area contributed by atoms with Crippen molar-refractivity contribution in [3.8, 4) is 0 Å². The fourth-order valence-electron chi connectivity index (χ4n) is 3.78. The molecule has 0 aliphatic carbocycles. The molecular formula is C24H35N5O4S. The van der Waals surface area contributed by atoms with Crippen LogP contribution < -0.4 is 15.5 Å². The number of aliphatic carboxylic acids is 1. The van der Waals surface area contributed by atoms with E-state index in [1.807, 2.05) is 5.38 Å². The van der Waals surface area contributed by atoms with Gasteiger partial charge in [0.15, 0.2) is 5.13 Å². The number of carboxylic acids is 1. The predicted octanol–water partition coefficient (Wildman–Crippen LogP) is 4.09. The van der Waals surface area contributed by atoms with Crippen molar-refractivity contribution in [3.05, 3.63) is 35.0 Å². The second-order valence-corrected chi connectivity index (χ2v) is 10.3. The van der Waals surface area contributed by atoms with Crippen LogP contribution in [-0.4, -0.2) is 58.4 Å². The summed E-state index contributed by atoms with van der Waals surface area (Å²) in [6, 6.07) is 3.25. The summed E-state index contributed by atoms with van der Waals surface area (Å²) in [4.78, 5) is 35.0. The number of nitrogens with zero attached hydrogens (tertiary/aromatic N) is 3. The number of amides is 1. The van der Waals surface area contributed by atoms with Crippen LogP contribution in [0.15, 0.2) is 23.7 Å². The zero-order valence-electron chi connectivity index (χ0n) is 20.2. The van der Waals surface area contributed by atoms with Gasteiger partial charge < -0.3 is 25.4 Å². The van der Waals surface area contributed by atoms with E-state index in [0.717, 1.165) is 61.8 Å². The highest BCUT2D eigenvalue weighted by molar-refractivity contribution is 7.13. The van der Waals surface area contributed by atoms with E-state index >= 15 is 0 Å². The number of anilines is 2. The van der Waals surface area contributed by atoms with E-state index < -0.39 is 23.7 Å². The largest absolute Gasteiger partial charge is 0.480 e. The van der Waals surface area contributed by atoms with E-state index in [-0.39, 0.29) is 6.42 Å². The summed E-state index contributed by atoms with van der Waals surface area (Å²) in [6.07, 6.45) is 6.26. The predicted molar refractivity (Wildman–Crippen MR) is 134 cm³/mol. The first-order chi connectivity index (χ1) is 16.2. The van der Waals surface area contributed by atoms with Crippen molar-refractivity contribution >= 4 is 34.3 Å². The lowest BCUT2D eigenvalue weighted by molar-refractivity contribution is -0.139. The zero-order valence-corrected chi connectivity index (χ0v) is 21.0. The summed E-state index contributed by atoms with van der Waals surface area (Å²) in [6.45, 7) is 7.40. The molecule has 1 aliphatic heterocycles. The Kier molecular flexibility index (Phi) is 9.09. The molecule has 1 amide bonds. The van der Waals surface area contributed by atoms with Crippen molar-refractivity contribution in [1.82, 2.24) is 15.3 Å². The number of carboxylic acid groups (broad SMARTS) is 1. The van der Waals surface area contributed by atoms with Gasteiger partial charge in [-0.25, -0.2) is 19.6 Å². The third-order valence-electron chi connectivity index (χ3n) is 5.43. The Morgan fingerprint density at radius 3 is 2.82 bits per heavy atom. The highest BCUT2D eigenvalue weighted by Crippen LogP contribution is 2.21. The molecule has 3 rings (SSSR count). The minimum absolute atomic E-state index is 0.242. The molecule has 0 fully saturated rings. The number of rotatable bonds is 11. The van der Waals surface area contributed by atoms with Gasteiger partial charge in [0, 0.05) is 36.9 Å². The Morgan fingerprint density at radius 1 is 1.29 bits per heavy atom. The SMILES string of the molecule is CC(C)(C)OC(=O)N[C@@H](CCN(CCCCc1ccc2c(n1)NCCC2)c1nccs1)C(=O)O. The molecule has 3 N–H and O–H groups in total. The molecule has 3 heterocycles. The Balaban J connectivity index is 1.51. The molecule has 0 radical (unpaired) electrons. The Labute approximate surface area is 204 Å². The van der Waals surface area contributed by atoms with Gasteiger partial charge in [0.25, 0.3) is 0 Å². The second-order valence-electron chi connectivity index (χ2n) is 9.43. The average molecular weight is 490 g/mol. The monoisotopic (exact) mass is 489 g/mol. The molecular weight excluding hydrogens is 454 g/mol. The number of carbonyl (C=O) groups excluding carboxylic acids is 1. The Bertz CT molecular complexity index is 945. The van der Waals surface area contributed by atoms with Crippen LogP contribution in [0, 0.1) is 0 Å². The Hall–Kier alpha value is -2.88. The van der Waals surface area contributed by atoms with Crippen molar-refractivity contribution in [2.75, 3.05) is 29.9 Å². The number of ether oxygens (including phenoxy) is 1. The molecule has 0 saturated heterocycles. The topological polar surface area (TPSA) is 117 Å². The number of thiazole rings is 1. The molecule has 2 aromatic heterocycles. The number of alkyl carbamates (subject to hydrolysis) is 1. The third-order valence-corrected chi connectivity index (χ3v) is 6.26. The van der Waals surface area contributed by atoms with Gasteiger partial charge in [0.2, 0.25) is 0 Å². The van der Waals surface area contributed by atoms with E-state index in [1.165, 1.54) is 16.9 Å². The lowest BCUT2D eigenvalue weighted by atomic mass is 10.1. The minimum atomic E-state index is -1.09. The van der Waals surface area contributed by atoms with Crippen molar-refractivity contribution in [2.24, 2.45) is 0 Å². The normalized spacial score (nSPS) is 14.0. The first-order valence-electron chi connectivity index (χ1n) is 11.8. The number of aryl methyl sites for hydroxylation is 2. The van der Waals surface area contributed by atoms with Gasteiger partial charge in [-0.2, -0.15) is 0 Å². The van der Waals surface area contributed by atoms with E-state index in [9.17, 15) is 14.7 Å². The van der Waals surface area contributed by atoms with Gasteiger partial charge in [-0.15, -0.1) is 11.3 Å². The molecule has 10 heteroatoms. The minimum Gasteiger partial charge on any atom is -0.480 e. The van der Waals surface area contributed by atoms with Crippen molar-refractivity contribution in [1.29, 1.82) is 0 Å². The number of unbranched alkanes of at least 4 members (excludes halogenated alkanes) is 1. The van der Waals surface area contributed by atoms with Crippen LogP contribution in [0.2, 0.25) is 0 Å². The zero-order chi connectivity index (χ0) is 24.6. The van der Waals surface area contributed by atoms with E-state index in [2.05, 4.69) is 32.7 Å². The molecule has 1 atom stereocenters. The van der Waals surface area contributed by atoms with E-state index in [4.69, 9.17) is 9.72 Å². The fourth-order valence-corrected chi connectivity index (χ4v) is 4.48. The van der Waals surface area contributed by atoms with Crippen molar-refractivity contribution < 1.29 is 19.4 Å². The summed E-state index contributed by atoms with van der Waals surface area (Å²) in [5, 5.41) is 18.2. The maximum atomic E-state index is 12.1. The van der Waals surface area contributed by atoms with Crippen LogP contribution in [0.3, 0.4) is 0 Å². The number of carbonyl (C=O) groups is 2. The summed E-state index contributed by atoms with van der Waals surface area (Å²) in [7, 11) is 0. The maximum absolute atomic E-state index is 12.1.